The van der Waals surface area contributed by atoms with Crippen LogP contribution in [0.3, 0.4) is 0 Å². The Morgan fingerprint density at radius 2 is 1.57 bits per heavy atom. The molecule has 0 spiro atoms. The second kappa shape index (κ2) is 11.4. The van der Waals surface area contributed by atoms with E-state index in [-0.39, 0.29) is 12.3 Å². The Bertz CT molecular complexity index is 1120. The molecule has 35 heavy (non-hydrogen) atoms. The average Bonchev–Trinajstić information content (AvgIpc) is 3.36. The van der Waals surface area contributed by atoms with Crippen molar-refractivity contribution in [1.29, 1.82) is 0 Å². The third-order valence-corrected chi connectivity index (χ3v) is 7.02. The summed E-state index contributed by atoms with van der Waals surface area (Å²) in [4.78, 5) is 22.0. The summed E-state index contributed by atoms with van der Waals surface area (Å²) in [7, 11) is 6.38. The zero-order valence-corrected chi connectivity index (χ0v) is 21.4. The number of nitrogens with zero attached hydrogens (tertiary/aromatic N) is 3. The van der Waals surface area contributed by atoms with Gasteiger partial charge in [-0.05, 0) is 42.0 Å². The molecule has 1 fully saturated rings. The number of thiazole rings is 1. The smallest absolute Gasteiger partial charge is 0.227 e. The van der Waals surface area contributed by atoms with E-state index >= 15 is 0 Å². The molecule has 0 bridgehead atoms. The third kappa shape index (κ3) is 5.86. The number of piperazine rings is 1. The predicted octanol–water partition coefficient (Wildman–Crippen LogP) is 3.73. The van der Waals surface area contributed by atoms with E-state index in [0.29, 0.717) is 30.3 Å². The van der Waals surface area contributed by atoms with Crippen LogP contribution >= 0.6 is 11.3 Å². The van der Waals surface area contributed by atoms with Gasteiger partial charge in [0.05, 0.1) is 40.6 Å². The Hall–Kier alpha value is -3.30. The van der Waals surface area contributed by atoms with Crippen molar-refractivity contribution in [2.45, 2.75) is 13.0 Å². The first-order valence-electron chi connectivity index (χ1n) is 11.4. The minimum Gasteiger partial charge on any atom is -0.497 e. The fourth-order valence-corrected chi connectivity index (χ4v) is 4.97. The summed E-state index contributed by atoms with van der Waals surface area (Å²) in [6.07, 6.45) is 0.286. The maximum atomic E-state index is 13.0. The van der Waals surface area contributed by atoms with Crippen LogP contribution in [0.25, 0.3) is 10.6 Å². The molecule has 1 amide bonds. The quantitative estimate of drug-likeness (QED) is 0.446. The molecule has 2 heterocycles. The number of methoxy groups -OCH3 is 4. The standard InChI is InChI=1S/C26H31N3O5S/c1-31-21-7-5-19(6-8-21)26-27-20(17-35-26)16-28-9-11-29(12-10-28)24(30)15-18-13-22(32-2)25(34-4)23(14-18)33-3/h5-8,13-14,17H,9-12,15-16H2,1-4H3. The number of benzene rings is 2. The zero-order chi connectivity index (χ0) is 24.8. The summed E-state index contributed by atoms with van der Waals surface area (Å²) in [5.74, 6) is 2.56. The summed E-state index contributed by atoms with van der Waals surface area (Å²) < 4.78 is 21.4. The van der Waals surface area contributed by atoms with Crippen LogP contribution in [0.5, 0.6) is 23.0 Å². The highest BCUT2D eigenvalue weighted by Gasteiger charge is 2.23. The fraction of sp³-hybridized carbons (Fsp3) is 0.385. The van der Waals surface area contributed by atoms with Gasteiger partial charge in [0, 0.05) is 43.7 Å². The van der Waals surface area contributed by atoms with Gasteiger partial charge >= 0.3 is 0 Å². The highest BCUT2D eigenvalue weighted by Crippen LogP contribution is 2.38. The molecule has 1 saturated heterocycles. The first kappa shape index (κ1) is 24.8. The lowest BCUT2D eigenvalue weighted by Crippen LogP contribution is -2.48. The summed E-state index contributed by atoms with van der Waals surface area (Å²) in [6, 6.07) is 11.6. The third-order valence-electron chi connectivity index (χ3n) is 6.08. The molecule has 8 nitrogen and oxygen atoms in total. The fourth-order valence-electron chi connectivity index (χ4n) is 4.15. The number of hydrogen-bond donors (Lipinski definition) is 0. The molecule has 0 unspecified atom stereocenters. The minimum atomic E-state index is 0.0920. The highest BCUT2D eigenvalue weighted by molar-refractivity contribution is 7.13. The Morgan fingerprint density at radius 1 is 0.914 bits per heavy atom. The van der Waals surface area contributed by atoms with Crippen molar-refractivity contribution in [1.82, 2.24) is 14.8 Å². The van der Waals surface area contributed by atoms with E-state index < -0.39 is 0 Å². The second-order valence-corrected chi connectivity index (χ2v) is 9.10. The Morgan fingerprint density at radius 3 is 2.14 bits per heavy atom. The van der Waals surface area contributed by atoms with Crippen molar-refractivity contribution < 1.29 is 23.7 Å². The Kier molecular flexibility index (Phi) is 8.09. The van der Waals surface area contributed by atoms with Gasteiger partial charge in [0.25, 0.3) is 0 Å². The number of amides is 1. The van der Waals surface area contributed by atoms with Gasteiger partial charge in [-0.2, -0.15) is 0 Å². The summed E-state index contributed by atoms with van der Waals surface area (Å²) in [5, 5.41) is 3.11. The molecule has 1 aromatic heterocycles. The van der Waals surface area contributed by atoms with E-state index in [1.165, 1.54) is 0 Å². The number of aromatic nitrogens is 1. The number of rotatable bonds is 9. The first-order chi connectivity index (χ1) is 17.0. The molecule has 0 atom stereocenters. The van der Waals surface area contributed by atoms with Crippen molar-refractivity contribution in [2.75, 3.05) is 54.6 Å². The molecule has 186 valence electrons. The molecule has 0 radical (unpaired) electrons. The SMILES string of the molecule is COc1ccc(-c2nc(CN3CCN(C(=O)Cc4cc(OC)c(OC)c(OC)c4)CC3)cs2)cc1. The number of carbonyl (C=O) groups excluding carboxylic acids is 1. The van der Waals surface area contributed by atoms with Crippen LogP contribution in [0.2, 0.25) is 0 Å². The second-order valence-electron chi connectivity index (χ2n) is 8.24. The summed E-state index contributed by atoms with van der Waals surface area (Å²) >= 11 is 1.65. The molecule has 0 aliphatic carbocycles. The van der Waals surface area contributed by atoms with Gasteiger partial charge in [0.2, 0.25) is 11.7 Å². The number of ether oxygens (including phenoxy) is 4. The van der Waals surface area contributed by atoms with E-state index in [2.05, 4.69) is 10.3 Å². The highest BCUT2D eigenvalue weighted by atomic mass is 32.1. The molecule has 4 rings (SSSR count). The van der Waals surface area contributed by atoms with Crippen molar-refractivity contribution in [3.63, 3.8) is 0 Å². The number of hydrogen-bond acceptors (Lipinski definition) is 8. The van der Waals surface area contributed by atoms with Crippen molar-refractivity contribution in [2.24, 2.45) is 0 Å². The van der Waals surface area contributed by atoms with E-state index in [4.69, 9.17) is 23.9 Å². The largest absolute Gasteiger partial charge is 0.497 e. The number of carbonyl (C=O) groups is 1. The van der Waals surface area contributed by atoms with Gasteiger partial charge in [-0.25, -0.2) is 4.98 Å². The first-order valence-corrected chi connectivity index (χ1v) is 12.3. The van der Waals surface area contributed by atoms with E-state index in [1.54, 1.807) is 39.8 Å². The maximum Gasteiger partial charge on any atom is 0.227 e. The Labute approximate surface area is 210 Å². The molecule has 9 heteroatoms. The molecule has 1 aliphatic rings. The van der Waals surface area contributed by atoms with Crippen LogP contribution in [-0.2, 0) is 17.8 Å². The molecular weight excluding hydrogens is 466 g/mol. The molecule has 0 saturated carbocycles. The molecule has 3 aromatic rings. The van der Waals surface area contributed by atoms with Crippen LogP contribution in [0.15, 0.2) is 41.8 Å². The normalized spacial score (nSPS) is 14.0. The average molecular weight is 498 g/mol. The van der Waals surface area contributed by atoms with Crippen LogP contribution < -0.4 is 18.9 Å². The molecule has 2 aromatic carbocycles. The minimum absolute atomic E-state index is 0.0920. The lowest BCUT2D eigenvalue weighted by atomic mass is 10.1. The van der Waals surface area contributed by atoms with E-state index in [0.717, 1.165) is 47.2 Å². The van der Waals surface area contributed by atoms with Gasteiger partial charge in [-0.15, -0.1) is 11.3 Å². The van der Waals surface area contributed by atoms with Crippen LogP contribution in [0.1, 0.15) is 11.3 Å². The summed E-state index contributed by atoms with van der Waals surface area (Å²) in [5.41, 5.74) is 2.97. The topological polar surface area (TPSA) is 73.4 Å². The summed E-state index contributed by atoms with van der Waals surface area (Å²) in [6.45, 7) is 3.80. The van der Waals surface area contributed by atoms with Crippen molar-refractivity contribution in [3.8, 4) is 33.6 Å². The van der Waals surface area contributed by atoms with Gasteiger partial charge < -0.3 is 23.8 Å². The Balaban J connectivity index is 1.31. The predicted molar refractivity (Wildman–Crippen MR) is 136 cm³/mol. The van der Waals surface area contributed by atoms with Gasteiger partial charge in [-0.3, -0.25) is 9.69 Å². The van der Waals surface area contributed by atoms with Gasteiger partial charge in [0.1, 0.15) is 10.8 Å². The van der Waals surface area contributed by atoms with Crippen molar-refractivity contribution >= 4 is 17.2 Å². The van der Waals surface area contributed by atoms with E-state index in [9.17, 15) is 4.79 Å². The molecule has 0 N–H and O–H groups in total. The lowest BCUT2D eigenvalue weighted by molar-refractivity contribution is -0.132. The van der Waals surface area contributed by atoms with Gasteiger partial charge in [0.15, 0.2) is 11.5 Å². The van der Waals surface area contributed by atoms with Crippen LogP contribution in [-0.4, -0.2) is 75.3 Å². The maximum absolute atomic E-state index is 13.0. The van der Waals surface area contributed by atoms with Crippen molar-refractivity contribution in [3.05, 3.63) is 53.0 Å². The van der Waals surface area contributed by atoms with Crippen LogP contribution in [0.4, 0.5) is 0 Å². The van der Waals surface area contributed by atoms with E-state index in [1.807, 2.05) is 41.3 Å². The lowest BCUT2D eigenvalue weighted by Gasteiger charge is -2.34. The molecule has 1 aliphatic heterocycles. The monoisotopic (exact) mass is 497 g/mol. The zero-order valence-electron chi connectivity index (χ0n) is 20.6. The molecular formula is C26H31N3O5S. The van der Waals surface area contributed by atoms with Gasteiger partial charge in [-0.1, -0.05) is 0 Å². The van der Waals surface area contributed by atoms with Crippen LogP contribution in [0, 0.1) is 0 Å².